The molecule has 8 heteroatoms. The minimum Gasteiger partial charge on any atom is -0.284 e. The average Bonchev–Trinajstić information content (AvgIpc) is 3.10. The van der Waals surface area contributed by atoms with Crippen molar-refractivity contribution < 1.29 is 17.3 Å². The fraction of sp³-hybridized carbons (Fsp3) is 0.333. The summed E-state index contributed by atoms with van der Waals surface area (Å²) in [5, 5.41) is 13.9. The Kier molecular flexibility index (Phi) is 16.0. The van der Waals surface area contributed by atoms with Gasteiger partial charge in [0.2, 0.25) is 0 Å². The third kappa shape index (κ3) is 10.8. The van der Waals surface area contributed by atoms with Gasteiger partial charge in [-0.2, -0.15) is 0 Å². The summed E-state index contributed by atoms with van der Waals surface area (Å²) in [6.45, 7) is 0. The predicted molar refractivity (Wildman–Crippen MR) is 191 cm³/mol. The van der Waals surface area contributed by atoms with Gasteiger partial charge in [0, 0.05) is 40.3 Å². The van der Waals surface area contributed by atoms with E-state index < -0.39 is 16.1 Å². The third-order valence-corrected chi connectivity index (χ3v) is 12.7. The summed E-state index contributed by atoms with van der Waals surface area (Å²) in [4.78, 5) is 0. The normalized spacial score (nSPS) is 21.5. The van der Waals surface area contributed by atoms with Crippen LogP contribution in [0.1, 0.15) is 51.4 Å². The monoisotopic (exact) mass is 733 g/mol. The maximum absolute atomic E-state index is 5.65. The Bertz CT molecular complexity index is 1130. The Morgan fingerprint density at radius 2 is 0.705 bits per heavy atom. The molecule has 0 unspecified atom stereocenters. The quantitative estimate of drug-likeness (QED) is 0.124. The molecule has 235 valence electrons. The molecule has 4 aromatic rings. The zero-order valence-corrected chi connectivity index (χ0v) is 29.6. The molecular weight excluding hydrogens is 687 g/mol. The fourth-order valence-corrected chi connectivity index (χ4v) is 10.2. The number of rotatable bonds is 8. The van der Waals surface area contributed by atoms with Crippen molar-refractivity contribution in [3.05, 3.63) is 121 Å². The van der Waals surface area contributed by atoms with Crippen LogP contribution in [0.3, 0.4) is 0 Å². The molecule has 4 nitrogen and oxygen atoms in total. The number of hydrogen-bond acceptors (Lipinski definition) is 4. The predicted octanol–water partition coefficient (Wildman–Crippen LogP) is 6.47. The van der Waals surface area contributed by atoms with Gasteiger partial charge in [-0.05, 0) is 46.9 Å². The van der Waals surface area contributed by atoms with Crippen molar-refractivity contribution in [1.82, 2.24) is 10.2 Å². The maximum atomic E-state index is 5.65. The molecule has 2 fully saturated rings. The van der Waals surface area contributed by atoms with Gasteiger partial charge in [0.05, 0.1) is 0 Å². The van der Waals surface area contributed by atoms with E-state index >= 15 is 0 Å². The second-order valence-electron chi connectivity index (χ2n) is 11.4. The fourth-order valence-electron chi connectivity index (χ4n) is 5.86. The summed E-state index contributed by atoms with van der Waals surface area (Å²) < 4.78 is 0. The number of nitrogens with two attached hydrogens (primary N) is 2. The molecule has 6 N–H and O–H groups in total. The van der Waals surface area contributed by atoms with Gasteiger partial charge in [0.15, 0.2) is 0 Å². The minimum atomic E-state index is -0.617. The van der Waals surface area contributed by atoms with Gasteiger partial charge in [-0.1, -0.05) is 147 Å². The van der Waals surface area contributed by atoms with Gasteiger partial charge < -0.3 is 11.5 Å². The summed E-state index contributed by atoms with van der Waals surface area (Å²) >= 11 is 1.82. The zero-order chi connectivity index (χ0) is 31.0. The topological polar surface area (TPSA) is 76.1 Å². The molecule has 0 amide bonds. The molecule has 0 aliphatic heterocycles. The van der Waals surface area contributed by atoms with Gasteiger partial charge >= 0.3 is 27.0 Å². The van der Waals surface area contributed by atoms with Crippen molar-refractivity contribution in [2.45, 2.75) is 75.5 Å². The molecule has 0 saturated heterocycles. The zero-order valence-electron chi connectivity index (χ0n) is 25.3. The van der Waals surface area contributed by atoms with E-state index in [4.69, 9.17) is 11.5 Å². The SMILES string of the molecule is N[C@@H]1CCCC[C@H]1N.[Cl][Ru].c1ccc(P(N[C@@H]2CCCC[C@H]2NP(c2ccccc2)c2ccccc2)c2ccccc2)cc1. The van der Waals surface area contributed by atoms with Gasteiger partial charge in [0.25, 0.3) is 0 Å². The van der Waals surface area contributed by atoms with Crippen LogP contribution >= 0.6 is 25.8 Å². The Hall–Kier alpha value is -1.51. The number of nitrogens with one attached hydrogen (secondary N) is 2. The van der Waals surface area contributed by atoms with Crippen molar-refractivity contribution in [2.75, 3.05) is 0 Å². The Labute approximate surface area is 281 Å². The van der Waals surface area contributed by atoms with Gasteiger partial charge in [-0.25, -0.2) is 0 Å². The van der Waals surface area contributed by atoms with E-state index in [1.807, 2.05) is 17.3 Å². The molecule has 4 atom stereocenters. The molecule has 2 saturated carbocycles. The summed E-state index contributed by atoms with van der Waals surface area (Å²) in [7, 11) is 3.34. The summed E-state index contributed by atoms with van der Waals surface area (Å²) in [5.74, 6) is 0. The first-order chi connectivity index (χ1) is 21.7. The van der Waals surface area contributed by atoms with E-state index in [1.54, 1.807) is 0 Å². The molecule has 2 aliphatic carbocycles. The van der Waals surface area contributed by atoms with E-state index in [2.05, 4.69) is 141 Å². The molecule has 0 heterocycles. The first kappa shape index (κ1) is 35.3. The van der Waals surface area contributed by atoms with Crippen LogP contribution in [0.2, 0.25) is 0 Å². The molecule has 6 rings (SSSR count). The van der Waals surface area contributed by atoms with Crippen molar-refractivity contribution in [1.29, 1.82) is 0 Å². The van der Waals surface area contributed by atoms with Crippen LogP contribution in [0.5, 0.6) is 0 Å². The van der Waals surface area contributed by atoms with Crippen LogP contribution in [-0.2, 0) is 17.3 Å². The molecular formula is C36H46ClN4P2Ru. The molecule has 44 heavy (non-hydrogen) atoms. The minimum absolute atomic E-state index is 0.281. The number of benzene rings is 4. The molecule has 0 bridgehead atoms. The van der Waals surface area contributed by atoms with Crippen LogP contribution in [0.15, 0.2) is 121 Å². The van der Waals surface area contributed by atoms with Crippen LogP contribution in [0.4, 0.5) is 0 Å². The van der Waals surface area contributed by atoms with Crippen molar-refractivity contribution in [3.8, 4) is 0 Å². The first-order valence-electron chi connectivity index (χ1n) is 15.7. The van der Waals surface area contributed by atoms with E-state index in [9.17, 15) is 0 Å². The van der Waals surface area contributed by atoms with Crippen LogP contribution in [0.25, 0.3) is 0 Å². The second kappa shape index (κ2) is 19.9. The van der Waals surface area contributed by atoms with E-state index in [0.717, 1.165) is 12.8 Å². The average molecular weight is 733 g/mol. The molecule has 0 radical (unpaired) electrons. The summed E-state index contributed by atoms with van der Waals surface area (Å²) in [6, 6.07) is 45.4. The van der Waals surface area contributed by atoms with Gasteiger partial charge in [0.1, 0.15) is 0 Å². The Morgan fingerprint density at radius 3 is 0.955 bits per heavy atom. The second-order valence-corrected chi connectivity index (χ2v) is 15.3. The number of hydrogen-bond donors (Lipinski definition) is 4. The standard InChI is InChI=1S/C30H32N2P2.C6H14N2.ClH.Ru/c1-5-15-25(16-6-1)33(26-17-7-2-8-18-26)31-29-23-13-14-24-30(29)32-34(27-19-9-3-10-20-27)28-21-11-4-12-22-28;7-5-3-1-2-4-6(5)8;;/h1-12,15-22,29-32H,13-14,23-24H2;5-6H,1-4,7-8H2;1H;/q;;;+1/p-1/t29-,30-;5-,6-;;/m11../s1. The van der Waals surface area contributed by atoms with Crippen LogP contribution in [-0.4, -0.2) is 24.2 Å². The van der Waals surface area contributed by atoms with Gasteiger partial charge in [-0.3, -0.25) is 10.2 Å². The van der Waals surface area contributed by atoms with Crippen molar-refractivity contribution in [2.24, 2.45) is 11.5 Å². The summed E-state index contributed by atoms with van der Waals surface area (Å²) in [5.41, 5.74) is 11.3. The van der Waals surface area contributed by atoms with Crippen molar-refractivity contribution in [3.63, 3.8) is 0 Å². The summed E-state index contributed by atoms with van der Waals surface area (Å²) in [6.07, 6.45) is 9.80. The number of halogens is 1. The van der Waals surface area contributed by atoms with Crippen LogP contribution in [0, 0.1) is 0 Å². The van der Waals surface area contributed by atoms with E-state index in [1.165, 1.54) is 59.7 Å². The Balaban J connectivity index is 0.000000380. The third-order valence-electron chi connectivity index (χ3n) is 8.29. The maximum Gasteiger partial charge on any atom is 0.0266 e. The molecule has 0 aromatic heterocycles. The van der Waals surface area contributed by atoms with Crippen molar-refractivity contribution >= 4 is 47.1 Å². The molecule has 4 aromatic carbocycles. The Morgan fingerprint density at radius 1 is 0.455 bits per heavy atom. The first-order valence-corrected chi connectivity index (χ1v) is 20.6. The van der Waals surface area contributed by atoms with Gasteiger partial charge in [-0.15, -0.1) is 0 Å². The van der Waals surface area contributed by atoms with E-state index in [0.29, 0.717) is 12.1 Å². The molecule has 0 spiro atoms. The largest absolute Gasteiger partial charge is 0.284 e. The van der Waals surface area contributed by atoms with E-state index in [-0.39, 0.29) is 12.1 Å². The smallest absolute Gasteiger partial charge is 0.0266 e. The molecule has 2 aliphatic rings. The van der Waals surface area contributed by atoms with Crippen LogP contribution < -0.4 is 42.9 Å².